The number of carbonyl (C=O) groups is 1. The Morgan fingerprint density at radius 3 is 2.57 bits per heavy atom. The highest BCUT2D eigenvalue weighted by molar-refractivity contribution is 7.89. The van der Waals surface area contributed by atoms with E-state index in [2.05, 4.69) is 22.1 Å². The second kappa shape index (κ2) is 9.27. The first kappa shape index (κ1) is 20.4. The van der Waals surface area contributed by atoms with Crippen LogP contribution in [0.2, 0.25) is 0 Å². The van der Waals surface area contributed by atoms with Crippen molar-refractivity contribution in [2.24, 2.45) is 0 Å². The third kappa shape index (κ3) is 5.15. The third-order valence-electron chi connectivity index (χ3n) is 4.87. The number of hydrogen-bond donors (Lipinski definition) is 1. The first-order valence-electron chi connectivity index (χ1n) is 9.51. The molecule has 0 aliphatic carbocycles. The Balaban J connectivity index is 1.62. The van der Waals surface area contributed by atoms with E-state index in [0.717, 1.165) is 25.3 Å². The number of nitrogens with zero attached hydrogens (tertiary/aromatic N) is 3. The van der Waals surface area contributed by atoms with Crippen LogP contribution in [0.25, 0.3) is 0 Å². The summed E-state index contributed by atoms with van der Waals surface area (Å²) >= 11 is 0. The Kier molecular flexibility index (Phi) is 6.77. The molecule has 8 heteroatoms. The number of amides is 1. The normalized spacial score (nSPS) is 16.0. The van der Waals surface area contributed by atoms with Crippen molar-refractivity contribution in [3.05, 3.63) is 54.4 Å². The summed E-state index contributed by atoms with van der Waals surface area (Å²) in [6.07, 6.45) is 2.52. The standard InChI is InChI=1S/C20H26N4O3S/c1-2-23-12-14-24(15-13-23)28(26,27)19-8-5-7-18(16-19)22-20(25)10-9-17-6-3-4-11-21-17/h3-8,11,16H,2,9-10,12-15H2,1H3,(H,22,25). The number of aromatic nitrogens is 1. The lowest BCUT2D eigenvalue weighted by Crippen LogP contribution is -2.48. The van der Waals surface area contributed by atoms with E-state index in [9.17, 15) is 13.2 Å². The van der Waals surface area contributed by atoms with Gasteiger partial charge in [-0.15, -0.1) is 0 Å². The molecule has 1 saturated heterocycles. The van der Waals surface area contributed by atoms with Crippen molar-refractivity contribution >= 4 is 21.6 Å². The number of carbonyl (C=O) groups excluding carboxylic acids is 1. The summed E-state index contributed by atoms with van der Waals surface area (Å²) in [6, 6.07) is 12.0. The van der Waals surface area contributed by atoms with Crippen LogP contribution in [0, 0.1) is 0 Å². The fraction of sp³-hybridized carbons (Fsp3) is 0.400. The molecule has 150 valence electrons. The minimum Gasteiger partial charge on any atom is -0.326 e. The average molecular weight is 403 g/mol. The van der Waals surface area contributed by atoms with Crippen LogP contribution in [0.3, 0.4) is 0 Å². The molecule has 1 aromatic carbocycles. The van der Waals surface area contributed by atoms with Gasteiger partial charge in [0.2, 0.25) is 15.9 Å². The highest BCUT2D eigenvalue weighted by Gasteiger charge is 2.28. The second-order valence-electron chi connectivity index (χ2n) is 6.74. The van der Waals surface area contributed by atoms with E-state index in [4.69, 9.17) is 0 Å². The van der Waals surface area contributed by atoms with Gasteiger partial charge in [0, 0.05) is 50.2 Å². The van der Waals surface area contributed by atoms with Crippen molar-refractivity contribution in [3.63, 3.8) is 0 Å². The van der Waals surface area contributed by atoms with E-state index in [1.807, 2.05) is 18.2 Å². The van der Waals surface area contributed by atoms with Gasteiger partial charge in [-0.25, -0.2) is 8.42 Å². The molecule has 1 amide bonds. The van der Waals surface area contributed by atoms with Gasteiger partial charge in [0.05, 0.1) is 4.90 Å². The number of rotatable bonds is 7. The van der Waals surface area contributed by atoms with E-state index in [0.29, 0.717) is 25.2 Å². The van der Waals surface area contributed by atoms with E-state index in [1.54, 1.807) is 24.4 Å². The zero-order valence-electron chi connectivity index (χ0n) is 16.0. The summed E-state index contributed by atoms with van der Waals surface area (Å²) in [5, 5.41) is 2.79. The summed E-state index contributed by atoms with van der Waals surface area (Å²) in [4.78, 5) is 18.8. The van der Waals surface area contributed by atoms with Crippen molar-refractivity contribution < 1.29 is 13.2 Å². The maximum absolute atomic E-state index is 12.9. The highest BCUT2D eigenvalue weighted by Crippen LogP contribution is 2.21. The number of hydrogen-bond acceptors (Lipinski definition) is 5. The molecule has 1 aromatic heterocycles. The highest BCUT2D eigenvalue weighted by atomic mass is 32.2. The summed E-state index contributed by atoms with van der Waals surface area (Å²) < 4.78 is 27.3. The molecule has 0 spiro atoms. The van der Waals surface area contributed by atoms with Crippen molar-refractivity contribution in [2.45, 2.75) is 24.7 Å². The summed E-state index contributed by atoms with van der Waals surface area (Å²) in [5.74, 6) is -0.170. The molecule has 28 heavy (non-hydrogen) atoms. The maximum atomic E-state index is 12.9. The zero-order chi connectivity index (χ0) is 20.0. The van der Waals surface area contributed by atoms with Crippen LogP contribution in [-0.2, 0) is 21.2 Å². The van der Waals surface area contributed by atoms with Gasteiger partial charge in [-0.05, 0) is 43.3 Å². The molecule has 2 heterocycles. The fourth-order valence-corrected chi connectivity index (χ4v) is 4.65. The molecule has 0 unspecified atom stereocenters. The number of nitrogens with one attached hydrogen (secondary N) is 1. The van der Waals surface area contributed by atoms with Gasteiger partial charge in [-0.2, -0.15) is 4.31 Å². The minimum absolute atomic E-state index is 0.170. The molecule has 0 bridgehead atoms. The van der Waals surface area contributed by atoms with Crippen molar-refractivity contribution in [3.8, 4) is 0 Å². The molecule has 1 aliphatic heterocycles. The zero-order valence-corrected chi connectivity index (χ0v) is 16.9. The fourth-order valence-electron chi connectivity index (χ4n) is 3.18. The molecule has 7 nitrogen and oxygen atoms in total. The van der Waals surface area contributed by atoms with Gasteiger partial charge in [-0.3, -0.25) is 9.78 Å². The molecule has 1 fully saturated rings. The van der Waals surface area contributed by atoms with Gasteiger partial charge in [0.1, 0.15) is 0 Å². The van der Waals surface area contributed by atoms with Gasteiger partial charge in [0.15, 0.2) is 0 Å². The predicted octanol–water partition coefficient (Wildman–Crippen LogP) is 1.98. The quantitative estimate of drug-likeness (QED) is 0.766. The molecular weight excluding hydrogens is 376 g/mol. The van der Waals surface area contributed by atoms with Gasteiger partial charge in [0.25, 0.3) is 0 Å². The van der Waals surface area contributed by atoms with Crippen molar-refractivity contribution in [1.29, 1.82) is 0 Å². The summed E-state index contributed by atoms with van der Waals surface area (Å²) in [5.41, 5.74) is 1.33. The Morgan fingerprint density at radius 2 is 1.89 bits per heavy atom. The maximum Gasteiger partial charge on any atom is 0.243 e. The third-order valence-corrected chi connectivity index (χ3v) is 6.76. The SMILES string of the molecule is CCN1CCN(S(=O)(=O)c2cccc(NC(=O)CCc3ccccn3)c2)CC1. The Hall–Kier alpha value is -2.29. The van der Waals surface area contributed by atoms with Gasteiger partial charge >= 0.3 is 0 Å². The van der Waals surface area contributed by atoms with Crippen LogP contribution in [0.1, 0.15) is 19.0 Å². The predicted molar refractivity (Wildman–Crippen MR) is 109 cm³/mol. The number of benzene rings is 1. The topological polar surface area (TPSA) is 82.6 Å². The van der Waals surface area contributed by atoms with Crippen LogP contribution in [0.15, 0.2) is 53.6 Å². The molecule has 1 aliphatic rings. The number of anilines is 1. The van der Waals surface area contributed by atoms with Gasteiger partial charge in [-0.1, -0.05) is 19.1 Å². The number of sulfonamides is 1. The lowest BCUT2D eigenvalue weighted by atomic mass is 10.2. The lowest BCUT2D eigenvalue weighted by Gasteiger charge is -2.33. The van der Waals surface area contributed by atoms with Crippen LogP contribution in [-0.4, -0.2) is 61.2 Å². The Labute approximate surface area is 166 Å². The van der Waals surface area contributed by atoms with E-state index < -0.39 is 10.0 Å². The molecular formula is C20H26N4O3S. The number of piperazine rings is 1. The Morgan fingerprint density at radius 1 is 1.11 bits per heavy atom. The summed E-state index contributed by atoms with van der Waals surface area (Å²) in [6.45, 7) is 5.44. The monoisotopic (exact) mass is 402 g/mol. The van der Waals surface area contributed by atoms with Crippen LogP contribution in [0.5, 0.6) is 0 Å². The number of aryl methyl sites for hydroxylation is 1. The van der Waals surface area contributed by atoms with E-state index >= 15 is 0 Å². The molecule has 0 atom stereocenters. The van der Waals surface area contributed by atoms with Crippen LogP contribution >= 0.6 is 0 Å². The summed E-state index contributed by atoms with van der Waals surface area (Å²) in [7, 11) is -3.56. The Bertz CT molecular complexity index is 895. The average Bonchev–Trinajstić information content (AvgIpc) is 2.73. The number of pyridine rings is 1. The van der Waals surface area contributed by atoms with Crippen molar-refractivity contribution in [2.75, 3.05) is 38.0 Å². The van der Waals surface area contributed by atoms with Crippen molar-refractivity contribution in [1.82, 2.24) is 14.2 Å². The molecule has 0 radical (unpaired) electrons. The number of likely N-dealkylation sites (N-methyl/N-ethyl adjacent to an activating group) is 1. The first-order valence-corrected chi connectivity index (χ1v) is 11.0. The molecule has 3 rings (SSSR count). The smallest absolute Gasteiger partial charge is 0.243 e. The van der Waals surface area contributed by atoms with Crippen LogP contribution < -0.4 is 5.32 Å². The molecule has 0 saturated carbocycles. The van der Waals surface area contributed by atoms with Gasteiger partial charge < -0.3 is 10.2 Å². The lowest BCUT2D eigenvalue weighted by molar-refractivity contribution is -0.116. The van der Waals surface area contributed by atoms with E-state index in [-0.39, 0.29) is 17.2 Å². The van der Waals surface area contributed by atoms with E-state index in [1.165, 1.54) is 10.4 Å². The molecule has 2 aromatic rings. The second-order valence-corrected chi connectivity index (χ2v) is 8.67. The largest absolute Gasteiger partial charge is 0.326 e. The first-order chi connectivity index (χ1) is 13.5. The molecule has 1 N–H and O–H groups in total. The minimum atomic E-state index is -3.56. The van der Waals surface area contributed by atoms with Crippen LogP contribution in [0.4, 0.5) is 5.69 Å².